The van der Waals surface area contributed by atoms with E-state index in [-0.39, 0.29) is 0 Å². The Kier molecular flexibility index (Phi) is 4.57. The number of rotatable bonds is 5. The number of likely N-dealkylation sites (tertiary alicyclic amines) is 1. The number of nitrogens with one attached hydrogen (secondary N) is 1. The molecule has 1 heterocycles. The lowest BCUT2D eigenvalue weighted by Crippen LogP contribution is -2.30. The highest BCUT2D eigenvalue weighted by atomic mass is 15.2. The van der Waals surface area contributed by atoms with Crippen molar-refractivity contribution in [2.75, 3.05) is 20.1 Å². The summed E-state index contributed by atoms with van der Waals surface area (Å²) in [7, 11) is 2.06. The van der Waals surface area contributed by atoms with Crippen LogP contribution in [-0.4, -0.2) is 31.1 Å². The zero-order chi connectivity index (χ0) is 12.1. The van der Waals surface area contributed by atoms with Crippen molar-refractivity contribution in [2.45, 2.75) is 38.3 Å². The van der Waals surface area contributed by atoms with Gasteiger partial charge in [0.1, 0.15) is 0 Å². The van der Waals surface area contributed by atoms with E-state index in [9.17, 15) is 0 Å². The smallest absolute Gasteiger partial charge is 0.0329 e. The lowest BCUT2D eigenvalue weighted by molar-refractivity contribution is 0.253. The molecule has 1 N–H and O–H groups in total. The maximum absolute atomic E-state index is 3.43. The van der Waals surface area contributed by atoms with E-state index < -0.39 is 0 Å². The maximum Gasteiger partial charge on any atom is 0.0329 e. The van der Waals surface area contributed by atoms with Crippen LogP contribution in [0.4, 0.5) is 0 Å². The molecule has 94 valence electrons. The number of hydrogen-bond acceptors (Lipinski definition) is 2. The summed E-state index contributed by atoms with van der Waals surface area (Å²) < 4.78 is 0. The van der Waals surface area contributed by atoms with Gasteiger partial charge in [0.15, 0.2) is 0 Å². The average Bonchev–Trinajstić information content (AvgIpc) is 2.77. The van der Waals surface area contributed by atoms with E-state index in [2.05, 4.69) is 54.5 Å². The van der Waals surface area contributed by atoms with E-state index in [1.165, 1.54) is 37.9 Å². The molecule has 0 spiro atoms. The molecule has 2 unspecified atom stereocenters. The highest BCUT2D eigenvalue weighted by Gasteiger charge is 2.20. The van der Waals surface area contributed by atoms with Crippen LogP contribution in [0, 0.1) is 0 Å². The number of benzene rings is 1. The van der Waals surface area contributed by atoms with Gasteiger partial charge in [0.05, 0.1) is 0 Å². The minimum atomic E-state index is 0.490. The average molecular weight is 232 g/mol. The maximum atomic E-state index is 3.43. The van der Waals surface area contributed by atoms with E-state index in [0.717, 1.165) is 6.04 Å². The minimum absolute atomic E-state index is 0.490. The van der Waals surface area contributed by atoms with Crippen molar-refractivity contribution in [1.29, 1.82) is 0 Å². The van der Waals surface area contributed by atoms with E-state index in [4.69, 9.17) is 0 Å². The third-order valence-corrected chi connectivity index (χ3v) is 3.95. The molecule has 0 bridgehead atoms. The summed E-state index contributed by atoms with van der Waals surface area (Å²) in [5.74, 6) is 0. The second kappa shape index (κ2) is 6.18. The SMILES string of the molecule is CNC(CCN1CCCC1C)c1ccccc1. The van der Waals surface area contributed by atoms with Gasteiger partial charge in [0.2, 0.25) is 0 Å². The number of nitrogens with zero attached hydrogens (tertiary/aromatic N) is 1. The van der Waals surface area contributed by atoms with Crippen LogP contribution in [0.5, 0.6) is 0 Å². The molecule has 2 atom stereocenters. The molecule has 0 radical (unpaired) electrons. The predicted molar refractivity (Wildman–Crippen MR) is 73.1 cm³/mol. The Bertz CT molecular complexity index is 323. The fourth-order valence-corrected chi connectivity index (χ4v) is 2.78. The van der Waals surface area contributed by atoms with E-state index in [1.54, 1.807) is 0 Å². The Hall–Kier alpha value is -0.860. The first-order valence-electron chi connectivity index (χ1n) is 6.77. The standard InChI is InChI=1S/C15H24N2/c1-13-7-6-11-17(13)12-10-15(16-2)14-8-4-3-5-9-14/h3-5,8-9,13,15-16H,6-7,10-12H2,1-2H3. The van der Waals surface area contributed by atoms with Crippen molar-refractivity contribution in [3.63, 3.8) is 0 Å². The molecule has 17 heavy (non-hydrogen) atoms. The first kappa shape index (κ1) is 12.6. The third kappa shape index (κ3) is 3.30. The Balaban J connectivity index is 1.88. The molecule has 1 saturated heterocycles. The van der Waals surface area contributed by atoms with Gasteiger partial charge in [-0.05, 0) is 45.3 Å². The Morgan fingerprint density at radius 2 is 2.12 bits per heavy atom. The summed E-state index contributed by atoms with van der Waals surface area (Å²) in [6.45, 7) is 4.85. The van der Waals surface area contributed by atoms with Crippen molar-refractivity contribution in [2.24, 2.45) is 0 Å². The molecule has 1 aliphatic rings. The molecule has 2 nitrogen and oxygen atoms in total. The molecule has 2 rings (SSSR count). The first-order valence-corrected chi connectivity index (χ1v) is 6.77. The van der Waals surface area contributed by atoms with Gasteiger partial charge in [0.25, 0.3) is 0 Å². The molecule has 1 fully saturated rings. The van der Waals surface area contributed by atoms with E-state index >= 15 is 0 Å². The van der Waals surface area contributed by atoms with Crippen molar-refractivity contribution in [3.8, 4) is 0 Å². The zero-order valence-electron chi connectivity index (χ0n) is 11.0. The fourth-order valence-electron chi connectivity index (χ4n) is 2.78. The molecule has 1 aromatic carbocycles. The molecule has 0 amide bonds. The van der Waals surface area contributed by atoms with Crippen LogP contribution in [0.25, 0.3) is 0 Å². The highest BCUT2D eigenvalue weighted by molar-refractivity contribution is 5.18. The van der Waals surface area contributed by atoms with Crippen molar-refractivity contribution in [1.82, 2.24) is 10.2 Å². The van der Waals surface area contributed by atoms with Gasteiger partial charge < -0.3 is 10.2 Å². The van der Waals surface area contributed by atoms with Crippen LogP contribution in [0.15, 0.2) is 30.3 Å². The molecule has 1 aliphatic heterocycles. The second-order valence-electron chi connectivity index (χ2n) is 5.07. The van der Waals surface area contributed by atoms with Crippen molar-refractivity contribution in [3.05, 3.63) is 35.9 Å². The largest absolute Gasteiger partial charge is 0.313 e. The summed E-state index contributed by atoms with van der Waals surface area (Å²) in [5.41, 5.74) is 1.40. The van der Waals surface area contributed by atoms with Gasteiger partial charge in [-0.3, -0.25) is 0 Å². The fraction of sp³-hybridized carbons (Fsp3) is 0.600. The lowest BCUT2D eigenvalue weighted by atomic mass is 10.0. The van der Waals surface area contributed by atoms with Crippen LogP contribution >= 0.6 is 0 Å². The lowest BCUT2D eigenvalue weighted by Gasteiger charge is -2.24. The van der Waals surface area contributed by atoms with Crippen LogP contribution in [0.2, 0.25) is 0 Å². The highest BCUT2D eigenvalue weighted by Crippen LogP contribution is 2.21. The number of hydrogen-bond donors (Lipinski definition) is 1. The van der Waals surface area contributed by atoms with Crippen LogP contribution in [0.3, 0.4) is 0 Å². The van der Waals surface area contributed by atoms with E-state index in [1.807, 2.05) is 0 Å². The van der Waals surface area contributed by atoms with Crippen LogP contribution in [-0.2, 0) is 0 Å². The Morgan fingerprint density at radius 3 is 2.71 bits per heavy atom. The van der Waals surface area contributed by atoms with Crippen molar-refractivity contribution < 1.29 is 0 Å². The molecule has 0 saturated carbocycles. The Labute approximate surface area is 105 Å². The van der Waals surface area contributed by atoms with Gasteiger partial charge in [-0.25, -0.2) is 0 Å². The zero-order valence-corrected chi connectivity index (χ0v) is 11.0. The van der Waals surface area contributed by atoms with Crippen molar-refractivity contribution >= 4 is 0 Å². The van der Waals surface area contributed by atoms with Gasteiger partial charge in [-0.15, -0.1) is 0 Å². The molecule has 0 aliphatic carbocycles. The molecule has 1 aromatic rings. The van der Waals surface area contributed by atoms with Crippen LogP contribution in [0.1, 0.15) is 37.8 Å². The topological polar surface area (TPSA) is 15.3 Å². The van der Waals surface area contributed by atoms with Gasteiger partial charge in [-0.1, -0.05) is 30.3 Å². The first-order chi connectivity index (χ1) is 8.31. The van der Waals surface area contributed by atoms with Gasteiger partial charge >= 0.3 is 0 Å². The molecular weight excluding hydrogens is 208 g/mol. The van der Waals surface area contributed by atoms with E-state index in [0.29, 0.717) is 6.04 Å². The van der Waals surface area contributed by atoms with Crippen LogP contribution < -0.4 is 5.32 Å². The summed E-state index contributed by atoms with van der Waals surface area (Å²) in [4.78, 5) is 2.62. The molecular formula is C15H24N2. The monoisotopic (exact) mass is 232 g/mol. The third-order valence-electron chi connectivity index (χ3n) is 3.95. The Morgan fingerprint density at radius 1 is 1.35 bits per heavy atom. The molecule has 2 heteroatoms. The predicted octanol–water partition coefficient (Wildman–Crippen LogP) is 2.82. The quantitative estimate of drug-likeness (QED) is 0.840. The van der Waals surface area contributed by atoms with Gasteiger partial charge in [0, 0.05) is 18.6 Å². The summed E-state index contributed by atoms with van der Waals surface area (Å²) >= 11 is 0. The molecule has 0 aromatic heterocycles. The summed E-state index contributed by atoms with van der Waals surface area (Å²) in [6.07, 6.45) is 3.94. The summed E-state index contributed by atoms with van der Waals surface area (Å²) in [5, 5.41) is 3.43. The summed E-state index contributed by atoms with van der Waals surface area (Å²) in [6, 6.07) is 12.0. The second-order valence-corrected chi connectivity index (χ2v) is 5.07. The normalized spacial score (nSPS) is 22.8. The van der Waals surface area contributed by atoms with Gasteiger partial charge in [-0.2, -0.15) is 0 Å². The minimum Gasteiger partial charge on any atom is -0.313 e.